The van der Waals surface area contributed by atoms with Crippen molar-refractivity contribution in [3.8, 4) is 11.5 Å². The number of amides is 1. The van der Waals surface area contributed by atoms with Gasteiger partial charge in [-0.3, -0.25) is 4.79 Å². The van der Waals surface area contributed by atoms with Gasteiger partial charge in [0, 0.05) is 30.2 Å². The van der Waals surface area contributed by atoms with E-state index in [0.717, 1.165) is 47.4 Å². The Morgan fingerprint density at radius 2 is 1.66 bits per heavy atom. The van der Waals surface area contributed by atoms with Crippen molar-refractivity contribution in [1.29, 1.82) is 0 Å². The van der Waals surface area contributed by atoms with E-state index in [-0.39, 0.29) is 34.9 Å². The van der Waals surface area contributed by atoms with Crippen LogP contribution >= 0.6 is 34.8 Å². The summed E-state index contributed by atoms with van der Waals surface area (Å²) in [6, 6.07) is 17.5. The van der Waals surface area contributed by atoms with Gasteiger partial charge in [-0.1, -0.05) is 65.1 Å². The first-order valence-electron chi connectivity index (χ1n) is 12.3. The molecule has 1 amide bonds. The molecule has 38 heavy (non-hydrogen) atoms. The lowest BCUT2D eigenvalue weighted by atomic mass is 9.93. The SMILES string of the molecule is CCN(Cc1ccccc1Cl)C(=O)C1=C(c2ccc(OCCOc3c(Cl)cc(F)cc3Cl)cc2)CCNC1. The topological polar surface area (TPSA) is 50.8 Å². The molecule has 3 aromatic rings. The molecule has 0 aromatic heterocycles. The molecule has 0 radical (unpaired) electrons. The van der Waals surface area contributed by atoms with Crippen LogP contribution < -0.4 is 14.8 Å². The normalized spacial score (nSPS) is 13.4. The Morgan fingerprint density at radius 3 is 2.34 bits per heavy atom. The Balaban J connectivity index is 1.41. The first-order valence-corrected chi connectivity index (χ1v) is 13.5. The third kappa shape index (κ3) is 7.00. The predicted octanol–water partition coefficient (Wildman–Crippen LogP) is 7.04. The molecule has 0 saturated heterocycles. The number of halogens is 4. The molecule has 9 heteroatoms. The van der Waals surface area contributed by atoms with Gasteiger partial charge in [0.25, 0.3) is 5.91 Å². The van der Waals surface area contributed by atoms with Gasteiger partial charge in [-0.25, -0.2) is 4.39 Å². The quantitative estimate of drug-likeness (QED) is 0.263. The van der Waals surface area contributed by atoms with Gasteiger partial charge in [0.05, 0.1) is 10.0 Å². The number of benzene rings is 3. The van der Waals surface area contributed by atoms with Crippen LogP contribution in [-0.4, -0.2) is 43.7 Å². The third-order valence-corrected chi connectivity index (χ3v) is 7.16. The van der Waals surface area contributed by atoms with Crippen LogP contribution in [0.5, 0.6) is 11.5 Å². The summed E-state index contributed by atoms with van der Waals surface area (Å²) in [7, 11) is 0. The van der Waals surface area contributed by atoms with Crippen LogP contribution in [0.3, 0.4) is 0 Å². The Hall–Kier alpha value is -2.77. The number of carbonyl (C=O) groups excluding carboxylic acids is 1. The van der Waals surface area contributed by atoms with Crippen LogP contribution in [0.25, 0.3) is 5.57 Å². The van der Waals surface area contributed by atoms with Gasteiger partial charge in [-0.15, -0.1) is 0 Å². The van der Waals surface area contributed by atoms with Gasteiger partial charge in [-0.05, 0) is 66.9 Å². The van der Waals surface area contributed by atoms with Crippen molar-refractivity contribution in [3.63, 3.8) is 0 Å². The number of nitrogens with one attached hydrogen (secondary N) is 1. The van der Waals surface area contributed by atoms with E-state index >= 15 is 0 Å². The fourth-order valence-corrected chi connectivity index (χ4v) is 5.05. The highest BCUT2D eigenvalue weighted by Gasteiger charge is 2.24. The van der Waals surface area contributed by atoms with Crippen molar-refractivity contribution in [2.75, 3.05) is 32.8 Å². The Morgan fingerprint density at radius 1 is 0.974 bits per heavy atom. The molecular formula is C29H28Cl3FN2O3. The summed E-state index contributed by atoms with van der Waals surface area (Å²) in [6.07, 6.45) is 0.748. The Bertz CT molecular complexity index is 1290. The molecular weight excluding hydrogens is 550 g/mol. The highest BCUT2D eigenvalue weighted by molar-refractivity contribution is 6.37. The molecule has 0 saturated carbocycles. The molecule has 4 rings (SSSR count). The van der Waals surface area contributed by atoms with Crippen LogP contribution in [0.1, 0.15) is 24.5 Å². The summed E-state index contributed by atoms with van der Waals surface area (Å²) in [5.41, 5.74) is 3.70. The first-order chi connectivity index (χ1) is 18.4. The van der Waals surface area contributed by atoms with Gasteiger partial charge >= 0.3 is 0 Å². The smallest absolute Gasteiger partial charge is 0.251 e. The first kappa shape index (κ1) is 28.2. The minimum Gasteiger partial charge on any atom is -0.490 e. The largest absolute Gasteiger partial charge is 0.490 e. The van der Waals surface area contributed by atoms with Gasteiger partial charge < -0.3 is 19.7 Å². The highest BCUT2D eigenvalue weighted by atomic mass is 35.5. The van der Waals surface area contributed by atoms with E-state index < -0.39 is 5.82 Å². The minimum absolute atomic E-state index is 0.00482. The second-order valence-electron chi connectivity index (χ2n) is 8.71. The van der Waals surface area contributed by atoms with Gasteiger partial charge in [-0.2, -0.15) is 0 Å². The van der Waals surface area contributed by atoms with Crippen molar-refractivity contribution in [1.82, 2.24) is 10.2 Å². The lowest BCUT2D eigenvalue weighted by Crippen LogP contribution is -2.37. The van der Waals surface area contributed by atoms with Crippen LogP contribution in [-0.2, 0) is 11.3 Å². The number of hydrogen-bond donors (Lipinski definition) is 1. The molecule has 1 aliphatic rings. The van der Waals surface area contributed by atoms with Gasteiger partial charge in [0.1, 0.15) is 24.8 Å². The molecule has 0 aliphatic carbocycles. The van der Waals surface area contributed by atoms with Crippen LogP contribution in [0.4, 0.5) is 4.39 Å². The zero-order valence-corrected chi connectivity index (χ0v) is 23.2. The second-order valence-corrected chi connectivity index (χ2v) is 9.94. The molecule has 3 aromatic carbocycles. The maximum atomic E-state index is 13.6. The van der Waals surface area contributed by atoms with Crippen molar-refractivity contribution in [2.24, 2.45) is 0 Å². The summed E-state index contributed by atoms with van der Waals surface area (Å²) in [6.45, 7) is 4.73. The molecule has 200 valence electrons. The Labute approximate surface area is 237 Å². The number of hydrogen-bond acceptors (Lipinski definition) is 4. The second kappa shape index (κ2) is 13.3. The van der Waals surface area contributed by atoms with Crippen LogP contribution in [0, 0.1) is 5.82 Å². The molecule has 0 bridgehead atoms. The number of rotatable bonds is 10. The van der Waals surface area contributed by atoms with E-state index in [2.05, 4.69) is 5.32 Å². The van der Waals surface area contributed by atoms with Crippen molar-refractivity contribution in [2.45, 2.75) is 19.9 Å². The average molecular weight is 578 g/mol. The summed E-state index contributed by atoms with van der Waals surface area (Å²) < 4.78 is 24.7. The van der Waals surface area contributed by atoms with E-state index in [4.69, 9.17) is 44.3 Å². The summed E-state index contributed by atoms with van der Waals surface area (Å²) in [5.74, 6) is 0.356. The zero-order valence-electron chi connectivity index (χ0n) is 20.9. The monoisotopic (exact) mass is 576 g/mol. The minimum atomic E-state index is -0.527. The van der Waals surface area contributed by atoms with E-state index in [9.17, 15) is 9.18 Å². The molecule has 1 N–H and O–H groups in total. The lowest BCUT2D eigenvalue weighted by Gasteiger charge is -2.27. The molecule has 0 spiro atoms. The van der Waals surface area contributed by atoms with Crippen molar-refractivity contribution < 1.29 is 18.7 Å². The number of carbonyl (C=O) groups is 1. The lowest BCUT2D eigenvalue weighted by molar-refractivity contribution is -0.127. The van der Waals surface area contributed by atoms with Gasteiger partial charge in [0.2, 0.25) is 0 Å². The zero-order chi connectivity index (χ0) is 27.1. The van der Waals surface area contributed by atoms with Crippen molar-refractivity contribution in [3.05, 3.63) is 98.2 Å². The van der Waals surface area contributed by atoms with E-state index in [1.807, 2.05) is 60.4 Å². The fraction of sp³-hybridized carbons (Fsp3) is 0.276. The summed E-state index contributed by atoms with van der Waals surface area (Å²) in [4.78, 5) is 15.4. The predicted molar refractivity (Wildman–Crippen MR) is 151 cm³/mol. The van der Waals surface area contributed by atoms with Gasteiger partial charge in [0.15, 0.2) is 5.75 Å². The molecule has 0 atom stereocenters. The molecule has 0 fully saturated rings. The molecule has 5 nitrogen and oxygen atoms in total. The standard InChI is InChI=1S/C29H28Cl3FN2O3/c1-2-35(18-20-5-3-4-6-25(20)30)29(36)24-17-34-12-11-23(24)19-7-9-22(10-8-19)37-13-14-38-28-26(31)15-21(33)16-27(28)32/h3-10,15-16,34H,2,11-14,17-18H2,1H3. The molecule has 1 heterocycles. The molecule has 1 aliphatic heterocycles. The van der Waals surface area contributed by atoms with Crippen LogP contribution in [0.2, 0.25) is 15.1 Å². The summed E-state index contributed by atoms with van der Waals surface area (Å²) >= 11 is 18.3. The average Bonchev–Trinajstić information content (AvgIpc) is 2.91. The van der Waals surface area contributed by atoms with Crippen molar-refractivity contribution >= 4 is 46.3 Å². The molecule has 0 unspecified atom stereocenters. The summed E-state index contributed by atoms with van der Waals surface area (Å²) in [5, 5.41) is 4.19. The maximum Gasteiger partial charge on any atom is 0.251 e. The van der Waals surface area contributed by atoms with E-state index in [0.29, 0.717) is 30.4 Å². The number of likely N-dealkylation sites (N-methyl/N-ethyl adjacent to an activating group) is 1. The van der Waals surface area contributed by atoms with Crippen LogP contribution in [0.15, 0.2) is 66.2 Å². The fourth-order valence-electron chi connectivity index (χ4n) is 4.28. The third-order valence-electron chi connectivity index (χ3n) is 6.23. The Kier molecular flexibility index (Phi) is 9.91. The number of ether oxygens (including phenoxy) is 2. The maximum absolute atomic E-state index is 13.6. The van der Waals surface area contributed by atoms with E-state index in [1.54, 1.807) is 0 Å². The van der Waals surface area contributed by atoms with E-state index in [1.165, 1.54) is 0 Å². The number of nitrogens with zero attached hydrogens (tertiary/aromatic N) is 1. The highest BCUT2D eigenvalue weighted by Crippen LogP contribution is 2.34.